The van der Waals surface area contributed by atoms with Gasteiger partial charge in [0, 0.05) is 12.1 Å². The average molecular weight is 255 g/mol. The second kappa shape index (κ2) is 9.28. The Morgan fingerprint density at radius 2 is 2.00 bits per heavy atom. The van der Waals surface area contributed by atoms with Gasteiger partial charge in [-0.2, -0.15) is 8.42 Å². The summed E-state index contributed by atoms with van der Waals surface area (Å²) < 4.78 is 35.2. The summed E-state index contributed by atoms with van der Waals surface area (Å²) in [4.78, 5) is 10.5. The number of hydrogen-bond acceptors (Lipinski definition) is 6. The van der Waals surface area contributed by atoms with Crippen molar-refractivity contribution in [2.75, 3.05) is 19.8 Å². The van der Waals surface area contributed by atoms with E-state index in [1.807, 2.05) is 0 Å². The van der Waals surface area contributed by atoms with Crippen LogP contribution in [0.15, 0.2) is 12.2 Å². The van der Waals surface area contributed by atoms with E-state index in [0.29, 0.717) is 12.1 Å². The topological polar surface area (TPSA) is 116 Å². The monoisotopic (exact) mass is 255 g/mol. The van der Waals surface area contributed by atoms with Gasteiger partial charge in [0.2, 0.25) is 0 Å². The molecule has 8 heteroatoms. The zero-order chi connectivity index (χ0) is 13.2. The van der Waals surface area contributed by atoms with E-state index in [4.69, 9.17) is 10.3 Å². The van der Waals surface area contributed by atoms with Gasteiger partial charge in [-0.15, -0.1) is 0 Å². The van der Waals surface area contributed by atoms with Crippen LogP contribution in [-0.4, -0.2) is 38.7 Å². The van der Waals surface area contributed by atoms with E-state index in [-0.39, 0.29) is 19.2 Å². The summed E-state index contributed by atoms with van der Waals surface area (Å²) in [5, 5.41) is 0. The highest BCUT2D eigenvalue weighted by atomic mass is 32.3. The van der Waals surface area contributed by atoms with Crippen molar-refractivity contribution >= 4 is 16.4 Å². The summed E-state index contributed by atoms with van der Waals surface area (Å²) in [7, 11) is -4.17. The zero-order valence-electron chi connectivity index (χ0n) is 9.30. The van der Waals surface area contributed by atoms with Gasteiger partial charge in [0.05, 0.1) is 6.61 Å². The lowest BCUT2D eigenvalue weighted by atomic mass is 10.4. The third-order valence-electron chi connectivity index (χ3n) is 0.966. The first kappa shape index (κ1) is 17.4. The minimum Gasteiger partial charge on any atom is -0.461 e. The van der Waals surface area contributed by atoms with Crippen molar-refractivity contribution < 1.29 is 26.7 Å². The molecule has 0 aromatic carbocycles. The standard InChI is InChI=1S/C6H11NO2.C2H6O4S/c1-5(2)6(8)9-4-3-7;1-2-6-7(3,4)5/h1,3-4,7H2,2H3;2H2,1H3,(H,3,4,5). The fourth-order valence-electron chi connectivity index (χ4n) is 0.424. The van der Waals surface area contributed by atoms with Crippen LogP contribution in [0.4, 0.5) is 0 Å². The zero-order valence-corrected chi connectivity index (χ0v) is 10.1. The molecule has 0 heterocycles. The number of ether oxygens (including phenoxy) is 1. The molecular weight excluding hydrogens is 238 g/mol. The third-order valence-corrected chi connectivity index (χ3v) is 1.50. The van der Waals surface area contributed by atoms with Crippen LogP contribution in [0, 0.1) is 0 Å². The minimum atomic E-state index is -4.17. The molecular formula is C8H17NO6S. The second-order valence-electron chi connectivity index (χ2n) is 2.54. The molecule has 0 saturated carbocycles. The Morgan fingerprint density at radius 1 is 1.50 bits per heavy atom. The molecule has 0 saturated heterocycles. The van der Waals surface area contributed by atoms with Crippen molar-refractivity contribution in [2.24, 2.45) is 5.73 Å². The minimum absolute atomic E-state index is 0.0289. The maximum absolute atomic E-state index is 10.5. The molecule has 0 unspecified atom stereocenters. The summed E-state index contributed by atoms with van der Waals surface area (Å²) in [6.45, 7) is 7.06. The maximum Gasteiger partial charge on any atom is 0.397 e. The van der Waals surface area contributed by atoms with E-state index >= 15 is 0 Å². The van der Waals surface area contributed by atoms with E-state index < -0.39 is 10.4 Å². The number of rotatable bonds is 5. The molecule has 16 heavy (non-hydrogen) atoms. The molecule has 0 aliphatic rings. The lowest BCUT2D eigenvalue weighted by molar-refractivity contribution is -0.138. The van der Waals surface area contributed by atoms with Crippen LogP contribution in [-0.2, 0) is 24.1 Å². The molecule has 0 aromatic heterocycles. The lowest BCUT2D eigenvalue weighted by Gasteiger charge is -1.99. The molecule has 0 aliphatic carbocycles. The van der Waals surface area contributed by atoms with Crippen LogP contribution < -0.4 is 5.73 Å². The van der Waals surface area contributed by atoms with Crippen LogP contribution in [0.1, 0.15) is 13.8 Å². The van der Waals surface area contributed by atoms with Gasteiger partial charge in [-0.05, 0) is 13.8 Å². The van der Waals surface area contributed by atoms with Crippen LogP contribution in [0.2, 0.25) is 0 Å². The quantitative estimate of drug-likeness (QED) is 0.400. The van der Waals surface area contributed by atoms with Crippen molar-refractivity contribution in [3.63, 3.8) is 0 Å². The Kier molecular flexibility index (Phi) is 10.1. The van der Waals surface area contributed by atoms with Gasteiger partial charge in [-0.25, -0.2) is 8.98 Å². The Morgan fingerprint density at radius 3 is 2.19 bits per heavy atom. The van der Waals surface area contributed by atoms with E-state index in [9.17, 15) is 13.2 Å². The molecule has 0 amide bonds. The van der Waals surface area contributed by atoms with Crippen molar-refractivity contribution in [3.8, 4) is 0 Å². The fraction of sp³-hybridized carbons (Fsp3) is 0.625. The molecule has 96 valence electrons. The van der Waals surface area contributed by atoms with Gasteiger partial charge in [0.25, 0.3) is 0 Å². The largest absolute Gasteiger partial charge is 0.461 e. The molecule has 7 nitrogen and oxygen atoms in total. The molecule has 0 aliphatic heterocycles. The summed E-state index contributed by atoms with van der Waals surface area (Å²) in [6, 6.07) is 0. The molecule has 0 fully saturated rings. The van der Waals surface area contributed by atoms with Crippen LogP contribution >= 0.6 is 0 Å². The molecule has 0 spiro atoms. The first-order chi connectivity index (χ1) is 7.24. The van der Waals surface area contributed by atoms with Crippen LogP contribution in [0.3, 0.4) is 0 Å². The number of nitrogens with two attached hydrogens (primary N) is 1. The Bertz CT molecular complexity index is 310. The number of hydrogen-bond donors (Lipinski definition) is 2. The number of carbonyl (C=O) groups is 1. The van der Waals surface area contributed by atoms with Gasteiger partial charge in [0.1, 0.15) is 6.61 Å². The summed E-state index contributed by atoms with van der Waals surface area (Å²) in [5.74, 6) is -0.375. The third kappa shape index (κ3) is 15.5. The smallest absolute Gasteiger partial charge is 0.397 e. The molecule has 0 bridgehead atoms. The second-order valence-corrected chi connectivity index (χ2v) is 3.63. The predicted octanol–water partition coefficient (Wildman–Crippen LogP) is -0.110. The Hall–Kier alpha value is -0.960. The van der Waals surface area contributed by atoms with Crippen molar-refractivity contribution in [2.45, 2.75) is 13.8 Å². The van der Waals surface area contributed by atoms with Gasteiger partial charge in [-0.1, -0.05) is 6.58 Å². The molecule has 0 aromatic rings. The van der Waals surface area contributed by atoms with E-state index in [0.717, 1.165) is 0 Å². The lowest BCUT2D eigenvalue weighted by Crippen LogP contribution is -2.13. The highest BCUT2D eigenvalue weighted by Gasteiger charge is 1.99. The highest BCUT2D eigenvalue weighted by Crippen LogP contribution is 1.89. The Labute approximate surface area is 95.2 Å². The average Bonchev–Trinajstić information content (AvgIpc) is 2.13. The van der Waals surface area contributed by atoms with Gasteiger partial charge in [0.15, 0.2) is 0 Å². The fourth-order valence-corrected chi connectivity index (χ4v) is 0.722. The van der Waals surface area contributed by atoms with Crippen LogP contribution in [0.5, 0.6) is 0 Å². The molecule has 0 rings (SSSR count). The number of esters is 1. The number of carbonyl (C=O) groups excluding carboxylic acids is 1. The summed E-state index contributed by atoms with van der Waals surface area (Å²) in [6.07, 6.45) is 0. The van der Waals surface area contributed by atoms with E-state index in [2.05, 4.69) is 15.5 Å². The van der Waals surface area contributed by atoms with Gasteiger partial charge < -0.3 is 10.5 Å². The Balaban J connectivity index is 0. The van der Waals surface area contributed by atoms with Crippen molar-refractivity contribution in [1.82, 2.24) is 0 Å². The van der Waals surface area contributed by atoms with Gasteiger partial charge >= 0.3 is 16.4 Å². The molecule has 0 radical (unpaired) electrons. The van der Waals surface area contributed by atoms with Gasteiger partial charge in [-0.3, -0.25) is 4.55 Å². The molecule has 3 N–H and O–H groups in total. The predicted molar refractivity (Wildman–Crippen MR) is 58.0 cm³/mol. The summed E-state index contributed by atoms with van der Waals surface area (Å²) in [5.41, 5.74) is 5.48. The van der Waals surface area contributed by atoms with E-state index in [1.54, 1.807) is 6.92 Å². The van der Waals surface area contributed by atoms with Crippen molar-refractivity contribution in [3.05, 3.63) is 12.2 Å². The first-order valence-corrected chi connectivity index (χ1v) is 5.75. The summed E-state index contributed by atoms with van der Waals surface area (Å²) >= 11 is 0. The maximum atomic E-state index is 10.5. The SMILES string of the molecule is C=C(C)C(=O)OCCN.CCOS(=O)(=O)O. The van der Waals surface area contributed by atoms with Crippen LogP contribution in [0.25, 0.3) is 0 Å². The van der Waals surface area contributed by atoms with Crippen molar-refractivity contribution in [1.29, 1.82) is 0 Å². The van der Waals surface area contributed by atoms with E-state index in [1.165, 1.54) is 6.92 Å². The first-order valence-electron chi connectivity index (χ1n) is 4.39. The highest BCUT2D eigenvalue weighted by molar-refractivity contribution is 7.80. The normalized spacial score (nSPS) is 10.0. The molecule has 0 atom stereocenters.